The maximum absolute atomic E-state index is 12.1. The van der Waals surface area contributed by atoms with Crippen LogP contribution in [0.5, 0.6) is 5.75 Å². The number of carbonyl (C=O) groups excluding carboxylic acids is 1. The van der Waals surface area contributed by atoms with Crippen molar-refractivity contribution in [3.05, 3.63) is 23.2 Å². The van der Waals surface area contributed by atoms with E-state index in [0.717, 1.165) is 0 Å². The molecular weight excluding hydrogens is 296 g/mol. The smallest absolute Gasteiger partial charge is 0.321 e. The highest BCUT2D eigenvalue weighted by atomic mass is 35.5. The zero-order chi connectivity index (χ0) is 15.2. The Labute approximate surface area is 128 Å². The third-order valence-corrected chi connectivity index (χ3v) is 3.38. The van der Waals surface area contributed by atoms with Gasteiger partial charge in [0.2, 0.25) is 0 Å². The molecule has 7 heteroatoms. The number of rotatable bonds is 5. The number of urea groups is 1. The maximum atomic E-state index is 12.1. The Hall–Kier alpha value is -1.50. The van der Waals surface area contributed by atoms with E-state index in [1.807, 2.05) is 0 Å². The van der Waals surface area contributed by atoms with Gasteiger partial charge in [-0.15, -0.1) is 0 Å². The largest absolute Gasteiger partial charge is 0.495 e. The van der Waals surface area contributed by atoms with Crippen LogP contribution in [0.15, 0.2) is 18.2 Å². The maximum Gasteiger partial charge on any atom is 0.321 e. The van der Waals surface area contributed by atoms with Crippen molar-refractivity contribution in [2.75, 3.05) is 39.2 Å². The molecule has 0 aromatic heterocycles. The number of methoxy groups -OCH3 is 1. The molecule has 0 saturated carbocycles. The van der Waals surface area contributed by atoms with Crippen LogP contribution < -0.4 is 10.1 Å². The molecule has 0 spiro atoms. The molecule has 0 unspecified atom stereocenters. The number of halogens is 1. The predicted molar refractivity (Wildman–Crippen MR) is 80.0 cm³/mol. The number of nitrogens with zero attached hydrogens (tertiary/aromatic N) is 1. The van der Waals surface area contributed by atoms with Crippen molar-refractivity contribution < 1.29 is 19.0 Å². The second kappa shape index (κ2) is 7.49. The predicted octanol–water partition coefficient (Wildman–Crippen LogP) is 2.58. The van der Waals surface area contributed by atoms with E-state index >= 15 is 0 Å². The Morgan fingerprint density at radius 1 is 1.48 bits per heavy atom. The van der Waals surface area contributed by atoms with Gasteiger partial charge in [0, 0.05) is 25.0 Å². The third-order valence-electron chi connectivity index (χ3n) is 3.14. The molecule has 0 aliphatic carbocycles. The van der Waals surface area contributed by atoms with Gasteiger partial charge in [0.15, 0.2) is 6.29 Å². The van der Waals surface area contributed by atoms with Crippen molar-refractivity contribution in [2.24, 2.45) is 0 Å². The van der Waals surface area contributed by atoms with E-state index in [4.69, 9.17) is 25.8 Å². The topological polar surface area (TPSA) is 60.0 Å². The van der Waals surface area contributed by atoms with E-state index in [1.54, 1.807) is 30.1 Å². The van der Waals surface area contributed by atoms with Crippen LogP contribution in [0.2, 0.25) is 5.02 Å². The number of ether oxygens (including phenoxy) is 3. The minimum atomic E-state index is -0.242. The van der Waals surface area contributed by atoms with Crippen LogP contribution in [-0.2, 0) is 9.47 Å². The first-order valence-electron chi connectivity index (χ1n) is 6.69. The van der Waals surface area contributed by atoms with Crippen LogP contribution in [0.3, 0.4) is 0 Å². The van der Waals surface area contributed by atoms with Gasteiger partial charge < -0.3 is 24.4 Å². The van der Waals surface area contributed by atoms with Gasteiger partial charge in [-0.2, -0.15) is 0 Å². The average molecular weight is 315 g/mol. The van der Waals surface area contributed by atoms with E-state index in [2.05, 4.69) is 5.32 Å². The number of amides is 2. The van der Waals surface area contributed by atoms with Gasteiger partial charge in [-0.25, -0.2) is 4.79 Å². The normalized spacial score (nSPS) is 15.0. The van der Waals surface area contributed by atoms with Crippen LogP contribution in [0.1, 0.15) is 6.42 Å². The number of benzene rings is 1. The highest BCUT2D eigenvalue weighted by Gasteiger charge is 2.18. The lowest BCUT2D eigenvalue weighted by atomic mass is 10.3. The highest BCUT2D eigenvalue weighted by molar-refractivity contribution is 6.31. The molecule has 1 fully saturated rings. The second-order valence-corrected chi connectivity index (χ2v) is 5.09. The summed E-state index contributed by atoms with van der Waals surface area (Å²) in [7, 11) is 3.25. The zero-order valence-electron chi connectivity index (χ0n) is 12.1. The fourth-order valence-corrected chi connectivity index (χ4v) is 2.14. The lowest BCUT2D eigenvalue weighted by Crippen LogP contribution is -2.33. The van der Waals surface area contributed by atoms with Gasteiger partial charge in [-0.3, -0.25) is 0 Å². The molecule has 0 radical (unpaired) electrons. The number of anilines is 1. The Morgan fingerprint density at radius 3 is 2.86 bits per heavy atom. The Balaban J connectivity index is 1.89. The lowest BCUT2D eigenvalue weighted by molar-refractivity contribution is -0.0488. The standard InChI is InChI=1S/C14H19ClN2O4/c1-17(6-5-13-20-7-8-21-13)14(18)16-11-9-10(15)3-4-12(11)19-2/h3-4,9,13H,5-8H2,1-2H3,(H,16,18). The van der Waals surface area contributed by atoms with E-state index in [0.29, 0.717) is 42.6 Å². The number of hydrogen-bond donors (Lipinski definition) is 1. The third kappa shape index (κ3) is 4.49. The fraction of sp³-hybridized carbons (Fsp3) is 0.500. The van der Waals surface area contributed by atoms with Crippen LogP contribution in [0.4, 0.5) is 10.5 Å². The van der Waals surface area contributed by atoms with E-state index in [-0.39, 0.29) is 12.3 Å². The molecule has 1 aliphatic rings. The van der Waals surface area contributed by atoms with Crippen LogP contribution in [0.25, 0.3) is 0 Å². The molecule has 1 aromatic rings. The first-order chi connectivity index (χ1) is 10.1. The van der Waals surface area contributed by atoms with Gasteiger partial charge in [0.25, 0.3) is 0 Å². The van der Waals surface area contributed by atoms with Crippen LogP contribution in [0, 0.1) is 0 Å². The summed E-state index contributed by atoms with van der Waals surface area (Å²) < 4.78 is 15.9. The van der Waals surface area contributed by atoms with Crippen molar-refractivity contribution in [3.8, 4) is 5.75 Å². The van der Waals surface area contributed by atoms with Gasteiger partial charge in [0.1, 0.15) is 5.75 Å². The summed E-state index contributed by atoms with van der Waals surface area (Å²) in [6, 6.07) is 4.82. The zero-order valence-corrected chi connectivity index (χ0v) is 12.9. The molecular formula is C14H19ClN2O4. The molecule has 1 heterocycles. The monoisotopic (exact) mass is 314 g/mol. The summed E-state index contributed by atoms with van der Waals surface area (Å²) in [6.45, 7) is 1.75. The Bertz CT molecular complexity index is 492. The Morgan fingerprint density at radius 2 is 2.19 bits per heavy atom. The summed E-state index contributed by atoms with van der Waals surface area (Å²) in [6.07, 6.45) is 0.414. The van der Waals surface area contributed by atoms with Crippen LogP contribution in [-0.4, -0.2) is 51.1 Å². The molecule has 116 valence electrons. The number of nitrogens with one attached hydrogen (secondary N) is 1. The molecule has 21 heavy (non-hydrogen) atoms. The van der Waals surface area contributed by atoms with Gasteiger partial charge in [0.05, 0.1) is 26.0 Å². The highest BCUT2D eigenvalue weighted by Crippen LogP contribution is 2.27. The van der Waals surface area contributed by atoms with E-state index in [9.17, 15) is 4.79 Å². The summed E-state index contributed by atoms with van der Waals surface area (Å²) >= 11 is 5.93. The quantitative estimate of drug-likeness (QED) is 0.907. The first kappa shape index (κ1) is 15.9. The molecule has 2 amide bonds. The van der Waals surface area contributed by atoms with Crippen molar-refractivity contribution >= 4 is 23.3 Å². The molecule has 2 rings (SSSR count). The van der Waals surface area contributed by atoms with E-state index < -0.39 is 0 Å². The van der Waals surface area contributed by atoms with Gasteiger partial charge in [-0.1, -0.05) is 11.6 Å². The number of hydrogen-bond acceptors (Lipinski definition) is 4. The van der Waals surface area contributed by atoms with Crippen molar-refractivity contribution in [1.29, 1.82) is 0 Å². The molecule has 0 bridgehead atoms. The summed E-state index contributed by atoms with van der Waals surface area (Å²) in [4.78, 5) is 13.7. The van der Waals surface area contributed by atoms with Gasteiger partial charge >= 0.3 is 6.03 Å². The molecule has 1 aliphatic heterocycles. The van der Waals surface area contributed by atoms with Crippen LogP contribution >= 0.6 is 11.6 Å². The molecule has 1 N–H and O–H groups in total. The summed E-state index contributed by atoms with van der Waals surface area (Å²) in [5, 5.41) is 3.30. The van der Waals surface area contributed by atoms with Crippen molar-refractivity contribution in [2.45, 2.75) is 12.7 Å². The van der Waals surface area contributed by atoms with Gasteiger partial charge in [-0.05, 0) is 18.2 Å². The minimum Gasteiger partial charge on any atom is -0.495 e. The fourth-order valence-electron chi connectivity index (χ4n) is 1.96. The van der Waals surface area contributed by atoms with E-state index in [1.165, 1.54) is 7.11 Å². The Kier molecular flexibility index (Phi) is 5.67. The summed E-state index contributed by atoms with van der Waals surface area (Å²) in [5.74, 6) is 0.559. The lowest BCUT2D eigenvalue weighted by Gasteiger charge is -2.20. The summed E-state index contributed by atoms with van der Waals surface area (Å²) in [5.41, 5.74) is 0.537. The number of carbonyl (C=O) groups is 1. The minimum absolute atomic E-state index is 0.221. The average Bonchev–Trinajstić information content (AvgIpc) is 2.98. The first-order valence-corrected chi connectivity index (χ1v) is 7.07. The second-order valence-electron chi connectivity index (χ2n) is 4.66. The van der Waals surface area contributed by atoms with Crippen molar-refractivity contribution in [3.63, 3.8) is 0 Å². The molecule has 6 nitrogen and oxygen atoms in total. The SMILES string of the molecule is COc1ccc(Cl)cc1NC(=O)N(C)CCC1OCCO1. The molecule has 1 aromatic carbocycles. The van der Waals surface area contributed by atoms with Crippen molar-refractivity contribution in [1.82, 2.24) is 4.90 Å². The molecule has 0 atom stereocenters. The molecule has 1 saturated heterocycles.